The van der Waals surface area contributed by atoms with Crippen molar-refractivity contribution < 1.29 is 14.8 Å². The molecule has 0 saturated heterocycles. The Labute approximate surface area is 96.5 Å². The monoisotopic (exact) mass is 240 g/mol. The number of carbonyl (C=O) groups is 1. The minimum atomic E-state index is -1.18. The lowest BCUT2D eigenvalue weighted by atomic mass is 10.2. The van der Waals surface area contributed by atoms with Crippen LogP contribution in [0.15, 0.2) is 16.9 Å². The molecule has 0 bridgehead atoms. The highest BCUT2D eigenvalue weighted by Gasteiger charge is 2.24. The highest BCUT2D eigenvalue weighted by molar-refractivity contribution is 5.72. The molecule has 0 aliphatic rings. The standard InChI is InChI=1S/C10H12N2O5/c1-3-7(10(14)15)11-6(2)8(12(16)17)4-5-9(11)13/h4-5,7H,3H2,1-2H3,(H,14,15). The number of aliphatic carboxylic acids is 1. The summed E-state index contributed by atoms with van der Waals surface area (Å²) in [7, 11) is 0. The molecule has 0 aliphatic carbocycles. The van der Waals surface area contributed by atoms with E-state index >= 15 is 0 Å². The van der Waals surface area contributed by atoms with Gasteiger partial charge in [-0.15, -0.1) is 0 Å². The van der Waals surface area contributed by atoms with Crippen LogP contribution < -0.4 is 5.56 Å². The molecule has 0 aromatic carbocycles. The third-order valence-electron chi connectivity index (χ3n) is 2.53. The zero-order valence-corrected chi connectivity index (χ0v) is 9.41. The molecule has 0 saturated carbocycles. The maximum atomic E-state index is 11.6. The number of hydrogen-bond acceptors (Lipinski definition) is 4. The summed E-state index contributed by atoms with van der Waals surface area (Å²) in [4.78, 5) is 32.7. The molecule has 0 fully saturated rings. The van der Waals surface area contributed by atoms with Crippen molar-refractivity contribution in [3.05, 3.63) is 38.3 Å². The van der Waals surface area contributed by atoms with Gasteiger partial charge in [0.1, 0.15) is 6.04 Å². The van der Waals surface area contributed by atoms with Crippen molar-refractivity contribution in [3.63, 3.8) is 0 Å². The molecule has 17 heavy (non-hydrogen) atoms. The first-order valence-corrected chi connectivity index (χ1v) is 4.99. The minimum absolute atomic E-state index is 0.0525. The minimum Gasteiger partial charge on any atom is -0.480 e. The highest BCUT2D eigenvalue weighted by atomic mass is 16.6. The van der Waals surface area contributed by atoms with Crippen LogP contribution in [-0.4, -0.2) is 20.6 Å². The molecule has 1 heterocycles. The molecule has 0 aliphatic heterocycles. The molecule has 1 aromatic rings. The van der Waals surface area contributed by atoms with Gasteiger partial charge in [-0.2, -0.15) is 0 Å². The normalized spacial score (nSPS) is 12.1. The summed E-state index contributed by atoms with van der Waals surface area (Å²) in [5.74, 6) is -1.18. The molecule has 7 nitrogen and oxygen atoms in total. The zero-order valence-electron chi connectivity index (χ0n) is 9.41. The molecule has 92 valence electrons. The van der Waals surface area contributed by atoms with E-state index in [2.05, 4.69) is 0 Å². The van der Waals surface area contributed by atoms with Gasteiger partial charge in [-0.05, 0) is 13.3 Å². The van der Waals surface area contributed by atoms with E-state index in [4.69, 9.17) is 5.11 Å². The lowest BCUT2D eigenvalue weighted by molar-refractivity contribution is -0.386. The van der Waals surface area contributed by atoms with E-state index in [1.165, 1.54) is 6.92 Å². The summed E-state index contributed by atoms with van der Waals surface area (Å²) in [6, 6.07) is 1.02. The Balaban J connectivity index is 3.51. The fourth-order valence-corrected chi connectivity index (χ4v) is 1.69. The molecule has 0 amide bonds. The van der Waals surface area contributed by atoms with E-state index in [1.54, 1.807) is 6.92 Å². The van der Waals surface area contributed by atoms with Gasteiger partial charge in [0.05, 0.1) is 10.6 Å². The van der Waals surface area contributed by atoms with Gasteiger partial charge in [-0.1, -0.05) is 6.92 Å². The number of rotatable bonds is 4. The summed E-state index contributed by atoms with van der Waals surface area (Å²) < 4.78 is 0.945. The van der Waals surface area contributed by atoms with Crippen LogP contribution in [0.2, 0.25) is 0 Å². The fourth-order valence-electron chi connectivity index (χ4n) is 1.69. The van der Waals surface area contributed by atoms with Gasteiger partial charge >= 0.3 is 5.97 Å². The average molecular weight is 240 g/mol. The van der Waals surface area contributed by atoms with Crippen LogP contribution in [0.1, 0.15) is 25.1 Å². The van der Waals surface area contributed by atoms with E-state index in [0.717, 1.165) is 16.7 Å². The molecule has 0 spiro atoms. The number of pyridine rings is 1. The summed E-state index contributed by atoms with van der Waals surface area (Å²) >= 11 is 0. The Morgan fingerprint density at radius 3 is 2.59 bits per heavy atom. The molecule has 7 heteroatoms. The van der Waals surface area contributed by atoms with Gasteiger partial charge in [0.25, 0.3) is 11.2 Å². The first-order valence-electron chi connectivity index (χ1n) is 4.99. The molecule has 0 radical (unpaired) electrons. The average Bonchev–Trinajstić information content (AvgIpc) is 2.22. The third kappa shape index (κ3) is 2.32. The van der Waals surface area contributed by atoms with Crippen LogP contribution in [0.25, 0.3) is 0 Å². The van der Waals surface area contributed by atoms with Crippen LogP contribution in [0, 0.1) is 17.0 Å². The molecular weight excluding hydrogens is 228 g/mol. The first kappa shape index (κ1) is 12.9. The second kappa shape index (κ2) is 4.77. The molecule has 1 unspecified atom stereocenters. The van der Waals surface area contributed by atoms with Crippen LogP contribution in [0.3, 0.4) is 0 Å². The molecule has 1 rings (SSSR count). The molecular formula is C10H12N2O5. The van der Waals surface area contributed by atoms with Gasteiger partial charge in [0.2, 0.25) is 0 Å². The second-order valence-electron chi connectivity index (χ2n) is 3.53. The van der Waals surface area contributed by atoms with Crippen molar-refractivity contribution in [1.82, 2.24) is 4.57 Å². The van der Waals surface area contributed by atoms with E-state index in [1.807, 2.05) is 0 Å². The number of hydrogen-bond donors (Lipinski definition) is 1. The Kier molecular flexibility index (Phi) is 3.62. The Hall–Kier alpha value is -2.18. The highest BCUT2D eigenvalue weighted by Crippen LogP contribution is 2.19. The number of nitrogens with zero attached hydrogens (tertiary/aromatic N) is 2. The maximum Gasteiger partial charge on any atom is 0.326 e. The van der Waals surface area contributed by atoms with Gasteiger partial charge in [0.15, 0.2) is 0 Å². The van der Waals surface area contributed by atoms with Gasteiger partial charge < -0.3 is 5.11 Å². The van der Waals surface area contributed by atoms with Crippen LogP contribution in [0.5, 0.6) is 0 Å². The second-order valence-corrected chi connectivity index (χ2v) is 3.53. The lowest BCUT2D eigenvalue weighted by Crippen LogP contribution is -2.31. The van der Waals surface area contributed by atoms with E-state index in [0.29, 0.717) is 0 Å². The maximum absolute atomic E-state index is 11.6. The summed E-state index contributed by atoms with van der Waals surface area (Å²) in [5.41, 5.74) is -0.761. The molecule has 1 atom stereocenters. The Bertz CT molecular complexity index is 520. The number of carboxylic acids is 1. The van der Waals surface area contributed by atoms with Crippen molar-refractivity contribution >= 4 is 11.7 Å². The smallest absolute Gasteiger partial charge is 0.326 e. The first-order chi connectivity index (χ1) is 7.90. The fraction of sp³-hybridized carbons (Fsp3) is 0.400. The van der Waals surface area contributed by atoms with Crippen LogP contribution in [0.4, 0.5) is 5.69 Å². The number of nitro groups is 1. The lowest BCUT2D eigenvalue weighted by Gasteiger charge is -2.16. The predicted octanol–water partition coefficient (Wildman–Crippen LogP) is 1.10. The van der Waals surface area contributed by atoms with Crippen molar-refractivity contribution in [1.29, 1.82) is 0 Å². The number of carboxylic acid groups (broad SMARTS) is 1. The molecule has 1 N–H and O–H groups in total. The summed E-state index contributed by atoms with van der Waals surface area (Å²) in [5, 5.41) is 19.7. The van der Waals surface area contributed by atoms with Gasteiger partial charge in [-0.25, -0.2) is 4.79 Å². The topological polar surface area (TPSA) is 102 Å². The zero-order chi connectivity index (χ0) is 13.2. The number of aromatic nitrogens is 1. The quantitative estimate of drug-likeness (QED) is 0.627. The van der Waals surface area contributed by atoms with E-state index in [-0.39, 0.29) is 17.8 Å². The predicted molar refractivity (Wildman–Crippen MR) is 59.1 cm³/mol. The Morgan fingerprint density at radius 1 is 1.59 bits per heavy atom. The molecule has 1 aromatic heterocycles. The third-order valence-corrected chi connectivity index (χ3v) is 2.53. The van der Waals surface area contributed by atoms with Crippen LogP contribution in [-0.2, 0) is 4.79 Å². The van der Waals surface area contributed by atoms with Gasteiger partial charge in [0, 0.05) is 12.1 Å². The van der Waals surface area contributed by atoms with Crippen LogP contribution >= 0.6 is 0 Å². The van der Waals surface area contributed by atoms with Crippen molar-refractivity contribution in [2.24, 2.45) is 0 Å². The van der Waals surface area contributed by atoms with E-state index < -0.39 is 22.5 Å². The van der Waals surface area contributed by atoms with Crippen molar-refractivity contribution in [2.45, 2.75) is 26.3 Å². The van der Waals surface area contributed by atoms with Crippen molar-refractivity contribution in [3.8, 4) is 0 Å². The van der Waals surface area contributed by atoms with Crippen molar-refractivity contribution in [2.75, 3.05) is 0 Å². The summed E-state index contributed by atoms with van der Waals surface area (Å²) in [6.45, 7) is 2.97. The van der Waals surface area contributed by atoms with Gasteiger partial charge in [-0.3, -0.25) is 19.5 Å². The summed E-state index contributed by atoms with van der Waals surface area (Å²) in [6.07, 6.45) is 0.178. The Morgan fingerprint density at radius 2 is 2.18 bits per heavy atom. The SMILES string of the molecule is CCC(C(=O)O)n1c(C)c([N+](=O)[O-])ccc1=O. The largest absolute Gasteiger partial charge is 0.480 e. The van der Waals surface area contributed by atoms with E-state index in [9.17, 15) is 19.7 Å².